The van der Waals surface area contributed by atoms with Gasteiger partial charge >= 0.3 is 0 Å². The monoisotopic (exact) mass is 383 g/mol. The molecule has 4 aromatic rings. The number of benzene rings is 3. The van der Waals surface area contributed by atoms with Crippen molar-refractivity contribution in [3.05, 3.63) is 77.4 Å². The average Bonchev–Trinajstić information content (AvgIpc) is 3.00. The Balaban J connectivity index is 2.09. The Kier molecular flexibility index (Phi) is 4.42. The molecule has 29 heavy (non-hydrogen) atoms. The van der Waals surface area contributed by atoms with Gasteiger partial charge in [0.2, 0.25) is 0 Å². The van der Waals surface area contributed by atoms with Gasteiger partial charge in [-0.2, -0.15) is 0 Å². The molecule has 2 nitrogen and oxygen atoms in total. The number of carbonyl (C=O) groups is 1. The standard InChI is InChI=1S/C27H29NO/c1-26(2,3)19-9-13-24-22(15-19)23-16-20(27(4,5)6)10-14-25(23)28(24)21-11-7-18(17-29)8-12-21/h7-17H,1-6H3. The fourth-order valence-corrected chi connectivity index (χ4v) is 3.94. The van der Waals surface area contributed by atoms with E-state index < -0.39 is 0 Å². The molecule has 0 amide bonds. The molecule has 2 heteroatoms. The van der Waals surface area contributed by atoms with Gasteiger partial charge in [-0.1, -0.05) is 53.7 Å². The van der Waals surface area contributed by atoms with Crippen molar-refractivity contribution >= 4 is 28.1 Å². The summed E-state index contributed by atoms with van der Waals surface area (Å²) >= 11 is 0. The van der Waals surface area contributed by atoms with Crippen molar-refractivity contribution in [3.8, 4) is 5.69 Å². The van der Waals surface area contributed by atoms with Crippen LogP contribution < -0.4 is 0 Å². The number of carbonyl (C=O) groups excluding carboxylic acids is 1. The third-order valence-corrected chi connectivity index (χ3v) is 5.78. The smallest absolute Gasteiger partial charge is 0.150 e. The zero-order valence-corrected chi connectivity index (χ0v) is 18.2. The van der Waals surface area contributed by atoms with Crippen molar-refractivity contribution < 1.29 is 4.79 Å². The van der Waals surface area contributed by atoms with E-state index in [4.69, 9.17) is 0 Å². The highest BCUT2D eigenvalue weighted by molar-refractivity contribution is 6.09. The van der Waals surface area contributed by atoms with Gasteiger partial charge in [-0.15, -0.1) is 0 Å². The molecule has 1 aromatic heterocycles. The third-order valence-electron chi connectivity index (χ3n) is 5.78. The van der Waals surface area contributed by atoms with Gasteiger partial charge in [-0.3, -0.25) is 4.79 Å². The number of aromatic nitrogens is 1. The quantitative estimate of drug-likeness (QED) is 0.336. The van der Waals surface area contributed by atoms with Crippen LogP contribution in [0.15, 0.2) is 60.7 Å². The van der Waals surface area contributed by atoms with Crippen molar-refractivity contribution in [3.63, 3.8) is 0 Å². The molecule has 148 valence electrons. The highest BCUT2D eigenvalue weighted by Crippen LogP contribution is 2.37. The summed E-state index contributed by atoms with van der Waals surface area (Å²) in [6.45, 7) is 13.5. The summed E-state index contributed by atoms with van der Waals surface area (Å²) in [7, 11) is 0. The first-order valence-electron chi connectivity index (χ1n) is 10.2. The van der Waals surface area contributed by atoms with E-state index in [2.05, 4.69) is 82.5 Å². The summed E-state index contributed by atoms with van der Waals surface area (Å²) in [6.07, 6.45) is 0.890. The second-order valence-corrected chi connectivity index (χ2v) is 10.0. The number of nitrogens with zero attached hydrogens (tertiary/aromatic N) is 1. The molecule has 0 saturated carbocycles. The number of aldehydes is 1. The zero-order valence-electron chi connectivity index (χ0n) is 18.2. The summed E-state index contributed by atoms with van der Waals surface area (Å²) in [4.78, 5) is 11.1. The number of rotatable bonds is 2. The van der Waals surface area contributed by atoms with Crippen molar-refractivity contribution in [2.24, 2.45) is 0 Å². The SMILES string of the molecule is CC(C)(C)c1ccc2c(c1)c1cc(C(C)(C)C)ccc1n2-c1ccc(C=O)cc1. The van der Waals surface area contributed by atoms with Gasteiger partial charge < -0.3 is 4.57 Å². The fourth-order valence-electron chi connectivity index (χ4n) is 3.94. The molecular weight excluding hydrogens is 354 g/mol. The van der Waals surface area contributed by atoms with E-state index in [0.717, 1.165) is 12.0 Å². The number of hydrogen-bond donors (Lipinski definition) is 0. The van der Waals surface area contributed by atoms with E-state index in [1.54, 1.807) is 0 Å². The minimum atomic E-state index is 0.0931. The van der Waals surface area contributed by atoms with Crippen LogP contribution in [0.4, 0.5) is 0 Å². The van der Waals surface area contributed by atoms with Crippen LogP contribution in [0, 0.1) is 0 Å². The Labute approximate surface area is 173 Å². The molecule has 4 rings (SSSR count). The maximum absolute atomic E-state index is 11.1. The lowest BCUT2D eigenvalue weighted by atomic mass is 9.85. The fraction of sp³-hybridized carbons (Fsp3) is 0.296. The minimum absolute atomic E-state index is 0.0931. The first-order chi connectivity index (χ1) is 13.6. The van der Waals surface area contributed by atoms with E-state index in [1.165, 1.54) is 32.9 Å². The molecule has 0 spiro atoms. The van der Waals surface area contributed by atoms with E-state index in [-0.39, 0.29) is 10.8 Å². The molecule has 1 heterocycles. The summed E-state index contributed by atoms with van der Waals surface area (Å²) in [5.74, 6) is 0. The van der Waals surface area contributed by atoms with E-state index in [9.17, 15) is 4.79 Å². The maximum Gasteiger partial charge on any atom is 0.150 e. The molecule has 0 aliphatic heterocycles. The predicted molar refractivity (Wildman–Crippen MR) is 124 cm³/mol. The van der Waals surface area contributed by atoms with Crippen LogP contribution in [0.5, 0.6) is 0 Å². The first-order valence-corrected chi connectivity index (χ1v) is 10.2. The lowest BCUT2D eigenvalue weighted by Crippen LogP contribution is -2.10. The van der Waals surface area contributed by atoms with E-state index >= 15 is 0 Å². The molecular formula is C27H29NO. The Bertz CT molecular complexity index is 1140. The molecule has 0 aliphatic carbocycles. The van der Waals surface area contributed by atoms with Gasteiger partial charge in [0.1, 0.15) is 6.29 Å². The molecule has 0 N–H and O–H groups in total. The molecule has 0 unspecified atom stereocenters. The van der Waals surface area contributed by atoms with Crippen molar-refractivity contribution in [1.29, 1.82) is 0 Å². The van der Waals surface area contributed by atoms with Gasteiger partial charge in [-0.25, -0.2) is 0 Å². The molecule has 0 aliphatic rings. The van der Waals surface area contributed by atoms with Gasteiger partial charge in [0.15, 0.2) is 0 Å². The van der Waals surface area contributed by atoms with Crippen molar-refractivity contribution in [2.75, 3.05) is 0 Å². The zero-order chi connectivity index (χ0) is 21.0. The average molecular weight is 384 g/mol. The Hall–Kier alpha value is -2.87. The molecule has 0 bridgehead atoms. The third kappa shape index (κ3) is 3.37. The van der Waals surface area contributed by atoms with Crippen LogP contribution in [-0.4, -0.2) is 10.9 Å². The topological polar surface area (TPSA) is 22.0 Å². The lowest BCUT2D eigenvalue weighted by Gasteiger charge is -2.19. The van der Waals surface area contributed by atoms with Crippen molar-refractivity contribution in [1.82, 2.24) is 4.57 Å². The van der Waals surface area contributed by atoms with Gasteiger partial charge in [-0.05, 0) is 70.5 Å². The Morgan fingerprint density at radius 2 is 1.10 bits per heavy atom. The van der Waals surface area contributed by atoms with Gasteiger partial charge in [0, 0.05) is 22.0 Å². The van der Waals surface area contributed by atoms with Gasteiger partial charge in [0.25, 0.3) is 0 Å². The largest absolute Gasteiger partial charge is 0.309 e. The summed E-state index contributed by atoms with van der Waals surface area (Å²) in [5.41, 5.74) is 7.01. The number of fused-ring (bicyclic) bond motifs is 3. The molecule has 0 atom stereocenters. The summed E-state index contributed by atoms with van der Waals surface area (Å²) < 4.78 is 2.30. The van der Waals surface area contributed by atoms with E-state index in [1.807, 2.05) is 24.3 Å². The first kappa shape index (κ1) is 19.4. The highest BCUT2D eigenvalue weighted by Gasteiger charge is 2.20. The van der Waals surface area contributed by atoms with Gasteiger partial charge in [0.05, 0.1) is 11.0 Å². The Morgan fingerprint density at radius 3 is 1.48 bits per heavy atom. The van der Waals surface area contributed by atoms with E-state index in [0.29, 0.717) is 5.56 Å². The summed E-state index contributed by atoms with van der Waals surface area (Å²) in [5, 5.41) is 2.55. The molecule has 0 fully saturated rings. The van der Waals surface area contributed by atoms with Crippen LogP contribution in [0.3, 0.4) is 0 Å². The van der Waals surface area contributed by atoms with Crippen LogP contribution in [-0.2, 0) is 10.8 Å². The second kappa shape index (κ2) is 6.59. The predicted octanol–water partition coefficient (Wildman–Crippen LogP) is 7.19. The Morgan fingerprint density at radius 1 is 0.655 bits per heavy atom. The minimum Gasteiger partial charge on any atom is -0.309 e. The molecule has 0 radical (unpaired) electrons. The molecule has 3 aromatic carbocycles. The molecule has 0 saturated heterocycles. The van der Waals surface area contributed by atoms with Crippen LogP contribution in [0.2, 0.25) is 0 Å². The lowest BCUT2D eigenvalue weighted by molar-refractivity contribution is 0.112. The normalized spacial score (nSPS) is 12.6. The van der Waals surface area contributed by atoms with Crippen LogP contribution in [0.25, 0.3) is 27.5 Å². The second-order valence-electron chi connectivity index (χ2n) is 10.0. The summed E-state index contributed by atoms with van der Waals surface area (Å²) in [6, 6.07) is 21.5. The van der Waals surface area contributed by atoms with Crippen molar-refractivity contribution in [2.45, 2.75) is 52.4 Å². The number of hydrogen-bond acceptors (Lipinski definition) is 1. The maximum atomic E-state index is 11.1. The highest BCUT2D eigenvalue weighted by atomic mass is 16.1. The van der Waals surface area contributed by atoms with Crippen LogP contribution >= 0.6 is 0 Å². The van der Waals surface area contributed by atoms with Crippen LogP contribution in [0.1, 0.15) is 63.0 Å².